The standard InChI is InChI=1S/C25H25ClN2O3/c1-17(28-24(29)25(2)16-30-22-7-3-4-8-23(22)31-25)21(19-6-5-13-27-15-19)14-18-9-11-20(26)12-10-18/h3-13,15,17,21H,14,16H2,1-2H3,(H,28,29). The zero-order valence-electron chi connectivity index (χ0n) is 17.5. The highest BCUT2D eigenvalue weighted by Gasteiger charge is 2.41. The summed E-state index contributed by atoms with van der Waals surface area (Å²) in [6.45, 7) is 3.91. The number of para-hydroxylation sites is 2. The highest BCUT2D eigenvalue weighted by atomic mass is 35.5. The predicted molar refractivity (Wildman–Crippen MR) is 121 cm³/mol. The second-order valence-corrected chi connectivity index (χ2v) is 8.49. The summed E-state index contributed by atoms with van der Waals surface area (Å²) in [6, 6.07) is 18.9. The highest BCUT2D eigenvalue weighted by Crippen LogP contribution is 2.35. The lowest BCUT2D eigenvalue weighted by Crippen LogP contribution is -2.57. The zero-order chi connectivity index (χ0) is 21.8. The molecule has 0 saturated carbocycles. The van der Waals surface area contributed by atoms with Crippen LogP contribution in [0.5, 0.6) is 11.5 Å². The molecule has 6 heteroatoms. The number of ether oxygens (including phenoxy) is 2. The smallest absolute Gasteiger partial charge is 0.267 e. The first-order chi connectivity index (χ1) is 14.9. The van der Waals surface area contributed by atoms with Crippen LogP contribution in [0.4, 0.5) is 0 Å². The Bertz CT molecular complexity index is 1040. The van der Waals surface area contributed by atoms with Gasteiger partial charge in [-0.25, -0.2) is 0 Å². The summed E-state index contributed by atoms with van der Waals surface area (Å²) in [5.74, 6) is 1.04. The van der Waals surface area contributed by atoms with Gasteiger partial charge in [0.05, 0.1) is 0 Å². The van der Waals surface area contributed by atoms with Gasteiger partial charge >= 0.3 is 0 Å². The summed E-state index contributed by atoms with van der Waals surface area (Å²) in [5, 5.41) is 3.85. The predicted octanol–water partition coefficient (Wildman–Crippen LogP) is 4.80. The number of halogens is 1. The molecule has 1 aliphatic rings. The Kier molecular flexibility index (Phi) is 6.14. The van der Waals surface area contributed by atoms with Gasteiger partial charge in [-0.05, 0) is 61.7 Å². The average molecular weight is 437 g/mol. The summed E-state index contributed by atoms with van der Waals surface area (Å²) < 4.78 is 11.8. The third-order valence-corrected chi connectivity index (χ3v) is 5.86. The van der Waals surface area contributed by atoms with Gasteiger partial charge in [-0.3, -0.25) is 9.78 Å². The van der Waals surface area contributed by atoms with E-state index in [4.69, 9.17) is 21.1 Å². The molecule has 0 bridgehead atoms. The first-order valence-electron chi connectivity index (χ1n) is 10.3. The Labute approximate surface area is 187 Å². The van der Waals surface area contributed by atoms with E-state index in [1.54, 1.807) is 13.1 Å². The van der Waals surface area contributed by atoms with Crippen LogP contribution in [0.1, 0.15) is 30.9 Å². The van der Waals surface area contributed by atoms with Crippen molar-refractivity contribution in [1.29, 1.82) is 0 Å². The Balaban J connectivity index is 1.52. The minimum Gasteiger partial charge on any atom is -0.485 e. The fourth-order valence-corrected chi connectivity index (χ4v) is 3.89. The van der Waals surface area contributed by atoms with Gasteiger partial charge in [0.15, 0.2) is 11.5 Å². The number of hydrogen-bond donors (Lipinski definition) is 1. The van der Waals surface area contributed by atoms with Crippen molar-refractivity contribution in [2.45, 2.75) is 37.8 Å². The summed E-state index contributed by atoms with van der Waals surface area (Å²) in [5.41, 5.74) is 1.08. The molecule has 1 aromatic heterocycles. The number of carbonyl (C=O) groups excluding carboxylic acids is 1. The third-order valence-electron chi connectivity index (χ3n) is 5.61. The van der Waals surface area contributed by atoms with Gasteiger partial charge in [-0.1, -0.05) is 41.9 Å². The third kappa shape index (κ3) is 4.83. The van der Waals surface area contributed by atoms with E-state index in [0.29, 0.717) is 16.5 Å². The SMILES string of the molecule is CC(NC(=O)C1(C)COc2ccccc2O1)C(Cc1ccc(Cl)cc1)c1cccnc1. The molecular weight excluding hydrogens is 412 g/mol. The maximum absolute atomic E-state index is 13.2. The second-order valence-electron chi connectivity index (χ2n) is 8.05. The van der Waals surface area contributed by atoms with Crippen LogP contribution in [0, 0.1) is 0 Å². The van der Waals surface area contributed by atoms with Crippen LogP contribution < -0.4 is 14.8 Å². The first kappa shape index (κ1) is 21.2. The second kappa shape index (κ2) is 8.98. The van der Waals surface area contributed by atoms with Crippen molar-refractivity contribution in [3.8, 4) is 11.5 Å². The van der Waals surface area contributed by atoms with Crippen LogP contribution in [-0.4, -0.2) is 29.1 Å². The van der Waals surface area contributed by atoms with E-state index in [0.717, 1.165) is 17.5 Å². The van der Waals surface area contributed by atoms with Crippen LogP contribution in [0.3, 0.4) is 0 Å². The normalized spacial score (nSPS) is 19.3. The maximum Gasteiger partial charge on any atom is 0.267 e. The van der Waals surface area contributed by atoms with Crippen molar-refractivity contribution in [2.75, 3.05) is 6.61 Å². The van der Waals surface area contributed by atoms with Crippen molar-refractivity contribution in [3.63, 3.8) is 0 Å². The minimum absolute atomic E-state index is 0.0271. The summed E-state index contributed by atoms with van der Waals surface area (Å²) in [6.07, 6.45) is 4.33. The number of pyridine rings is 1. The fourth-order valence-electron chi connectivity index (χ4n) is 3.77. The van der Waals surface area contributed by atoms with Crippen molar-refractivity contribution >= 4 is 17.5 Å². The number of rotatable bonds is 6. The molecule has 1 N–H and O–H groups in total. The van der Waals surface area contributed by atoms with Gasteiger partial charge in [0, 0.05) is 29.4 Å². The molecule has 2 heterocycles. The van der Waals surface area contributed by atoms with Gasteiger partial charge in [0.25, 0.3) is 5.91 Å². The quantitative estimate of drug-likeness (QED) is 0.603. The van der Waals surface area contributed by atoms with Crippen molar-refractivity contribution < 1.29 is 14.3 Å². The van der Waals surface area contributed by atoms with Crippen molar-refractivity contribution in [1.82, 2.24) is 10.3 Å². The molecular formula is C25H25ClN2O3. The van der Waals surface area contributed by atoms with E-state index in [9.17, 15) is 4.79 Å². The monoisotopic (exact) mass is 436 g/mol. The van der Waals surface area contributed by atoms with Crippen LogP contribution in [0.25, 0.3) is 0 Å². The molecule has 3 aromatic rings. The Morgan fingerprint density at radius 3 is 2.58 bits per heavy atom. The number of fused-ring (bicyclic) bond motifs is 1. The van der Waals surface area contributed by atoms with Gasteiger partial charge in [-0.15, -0.1) is 0 Å². The van der Waals surface area contributed by atoms with Gasteiger partial charge in [0.1, 0.15) is 6.61 Å². The lowest BCUT2D eigenvalue weighted by Gasteiger charge is -2.36. The molecule has 0 fully saturated rings. The molecule has 2 aromatic carbocycles. The van der Waals surface area contributed by atoms with E-state index >= 15 is 0 Å². The zero-order valence-corrected chi connectivity index (χ0v) is 18.3. The molecule has 1 aliphatic heterocycles. The van der Waals surface area contributed by atoms with E-state index in [1.807, 2.05) is 73.8 Å². The number of amides is 1. The molecule has 0 radical (unpaired) electrons. The van der Waals surface area contributed by atoms with Crippen LogP contribution in [0.15, 0.2) is 73.1 Å². The van der Waals surface area contributed by atoms with Crippen molar-refractivity contribution in [2.24, 2.45) is 0 Å². The van der Waals surface area contributed by atoms with E-state index in [1.165, 1.54) is 0 Å². The number of benzene rings is 2. The Morgan fingerprint density at radius 1 is 1.13 bits per heavy atom. The summed E-state index contributed by atoms with van der Waals surface area (Å²) in [4.78, 5) is 17.5. The molecule has 160 valence electrons. The fraction of sp³-hybridized carbons (Fsp3) is 0.280. The molecule has 5 nitrogen and oxygen atoms in total. The Morgan fingerprint density at radius 2 is 1.87 bits per heavy atom. The average Bonchev–Trinajstić information content (AvgIpc) is 2.79. The maximum atomic E-state index is 13.2. The topological polar surface area (TPSA) is 60.5 Å². The molecule has 31 heavy (non-hydrogen) atoms. The number of nitrogens with zero attached hydrogens (tertiary/aromatic N) is 1. The number of carbonyl (C=O) groups is 1. The minimum atomic E-state index is -1.11. The lowest BCUT2D eigenvalue weighted by atomic mass is 9.87. The first-order valence-corrected chi connectivity index (χ1v) is 10.7. The van der Waals surface area contributed by atoms with E-state index in [-0.39, 0.29) is 24.5 Å². The molecule has 1 amide bonds. The van der Waals surface area contributed by atoms with Crippen LogP contribution >= 0.6 is 11.6 Å². The molecule has 0 spiro atoms. The molecule has 3 atom stereocenters. The highest BCUT2D eigenvalue weighted by molar-refractivity contribution is 6.30. The number of nitrogens with one attached hydrogen (secondary N) is 1. The largest absolute Gasteiger partial charge is 0.485 e. The molecule has 4 rings (SSSR count). The van der Waals surface area contributed by atoms with Gasteiger partial charge in [-0.2, -0.15) is 0 Å². The van der Waals surface area contributed by atoms with Crippen molar-refractivity contribution in [3.05, 3.63) is 89.2 Å². The molecule has 0 saturated heterocycles. The summed E-state index contributed by atoms with van der Waals surface area (Å²) >= 11 is 6.04. The summed E-state index contributed by atoms with van der Waals surface area (Å²) in [7, 11) is 0. The van der Waals surface area contributed by atoms with Crippen LogP contribution in [0.2, 0.25) is 5.02 Å². The van der Waals surface area contributed by atoms with E-state index < -0.39 is 5.60 Å². The Hall–Kier alpha value is -3.05. The van der Waals surface area contributed by atoms with Gasteiger partial charge in [0.2, 0.25) is 5.60 Å². The number of hydrogen-bond acceptors (Lipinski definition) is 4. The molecule has 3 unspecified atom stereocenters. The van der Waals surface area contributed by atoms with Crippen LogP contribution in [-0.2, 0) is 11.2 Å². The molecule has 0 aliphatic carbocycles. The van der Waals surface area contributed by atoms with Gasteiger partial charge < -0.3 is 14.8 Å². The lowest BCUT2D eigenvalue weighted by molar-refractivity contribution is -0.140. The number of aromatic nitrogens is 1. The van der Waals surface area contributed by atoms with E-state index in [2.05, 4.69) is 10.3 Å².